The molecule has 0 spiro atoms. The summed E-state index contributed by atoms with van der Waals surface area (Å²) in [6.07, 6.45) is 3.23. The zero-order chi connectivity index (χ0) is 25.7. The van der Waals surface area contributed by atoms with E-state index in [2.05, 4.69) is 27.8 Å². The van der Waals surface area contributed by atoms with Crippen molar-refractivity contribution in [3.63, 3.8) is 0 Å². The number of benzene rings is 2. The molecule has 0 bridgehead atoms. The van der Waals surface area contributed by atoms with E-state index in [-0.39, 0.29) is 11.4 Å². The molecule has 0 radical (unpaired) electrons. The van der Waals surface area contributed by atoms with Crippen LogP contribution in [-0.2, 0) is 9.59 Å². The molecule has 1 N–H and O–H groups in total. The van der Waals surface area contributed by atoms with Crippen LogP contribution in [0.3, 0.4) is 0 Å². The zero-order valence-electron chi connectivity index (χ0n) is 20.1. The van der Waals surface area contributed by atoms with Gasteiger partial charge in [-0.2, -0.15) is 0 Å². The Labute approximate surface area is 217 Å². The Morgan fingerprint density at radius 2 is 1.83 bits per heavy atom. The molecule has 0 aromatic heterocycles. The van der Waals surface area contributed by atoms with Crippen LogP contribution in [0, 0.1) is 20.8 Å². The average Bonchev–Trinajstić information content (AvgIpc) is 3.03. The Kier molecular flexibility index (Phi) is 8.80. The summed E-state index contributed by atoms with van der Waals surface area (Å²) in [6.45, 7) is 11.7. The number of anilines is 1. The maximum Gasteiger partial charge on any atom is 0.294 e. The average molecular weight is 559 g/mol. The lowest BCUT2D eigenvalue weighted by molar-refractivity contribution is -0.127. The third kappa shape index (κ3) is 6.35. The van der Waals surface area contributed by atoms with Gasteiger partial charge in [0.1, 0.15) is 13.2 Å². The van der Waals surface area contributed by atoms with Crippen molar-refractivity contribution >= 4 is 56.5 Å². The van der Waals surface area contributed by atoms with Gasteiger partial charge >= 0.3 is 0 Å². The maximum absolute atomic E-state index is 12.9. The summed E-state index contributed by atoms with van der Waals surface area (Å²) in [5.74, 6) is 0.0649. The van der Waals surface area contributed by atoms with Gasteiger partial charge in [0.15, 0.2) is 11.5 Å². The monoisotopic (exact) mass is 558 g/mol. The SMILES string of the molecule is C=CCOc1c(Br)cc(/C=C2/SC(=O)N(CC(=O)Nc3c(C)cc(C)cc3C)C2=O)cc1OCC. The highest BCUT2D eigenvalue weighted by Gasteiger charge is 2.36. The first-order valence-corrected chi connectivity index (χ1v) is 12.6. The lowest BCUT2D eigenvalue weighted by Crippen LogP contribution is -2.36. The van der Waals surface area contributed by atoms with Gasteiger partial charge in [-0.3, -0.25) is 19.3 Å². The number of rotatable bonds is 9. The van der Waals surface area contributed by atoms with Gasteiger partial charge in [-0.1, -0.05) is 30.4 Å². The van der Waals surface area contributed by atoms with Crippen LogP contribution in [0.2, 0.25) is 0 Å². The van der Waals surface area contributed by atoms with Crippen molar-refractivity contribution in [2.45, 2.75) is 27.7 Å². The molecule has 1 saturated heterocycles. The molecular formula is C26H27BrN2O5S. The van der Waals surface area contributed by atoms with E-state index in [4.69, 9.17) is 9.47 Å². The van der Waals surface area contributed by atoms with E-state index in [0.29, 0.717) is 40.4 Å². The van der Waals surface area contributed by atoms with Crippen molar-refractivity contribution in [3.8, 4) is 11.5 Å². The van der Waals surface area contributed by atoms with Gasteiger partial charge in [0.05, 0.1) is 16.0 Å². The largest absolute Gasteiger partial charge is 0.490 e. The molecular weight excluding hydrogens is 532 g/mol. The van der Waals surface area contributed by atoms with E-state index >= 15 is 0 Å². The first-order valence-electron chi connectivity index (χ1n) is 11.0. The Hall–Kier alpha value is -3.04. The number of nitrogens with zero attached hydrogens (tertiary/aromatic N) is 1. The van der Waals surface area contributed by atoms with Gasteiger partial charge in [0.25, 0.3) is 11.1 Å². The van der Waals surface area contributed by atoms with E-state index in [1.807, 2.05) is 39.8 Å². The third-order valence-electron chi connectivity index (χ3n) is 5.09. The Morgan fingerprint density at radius 3 is 2.46 bits per heavy atom. The van der Waals surface area contributed by atoms with Crippen LogP contribution in [0.15, 0.2) is 46.3 Å². The highest BCUT2D eigenvalue weighted by atomic mass is 79.9. The molecule has 7 nitrogen and oxygen atoms in total. The van der Waals surface area contributed by atoms with Gasteiger partial charge in [-0.15, -0.1) is 0 Å². The second-order valence-electron chi connectivity index (χ2n) is 7.95. The van der Waals surface area contributed by atoms with Crippen molar-refractivity contribution < 1.29 is 23.9 Å². The van der Waals surface area contributed by atoms with Gasteiger partial charge in [0, 0.05) is 5.69 Å². The number of nitrogens with one attached hydrogen (secondary N) is 1. The number of hydrogen-bond acceptors (Lipinski definition) is 6. The van der Waals surface area contributed by atoms with Crippen LogP contribution in [0.4, 0.5) is 10.5 Å². The number of halogens is 1. The predicted octanol–water partition coefficient (Wildman–Crippen LogP) is 6.01. The summed E-state index contributed by atoms with van der Waals surface area (Å²) in [7, 11) is 0. The highest BCUT2D eigenvalue weighted by Crippen LogP contribution is 2.39. The molecule has 1 fully saturated rings. The Balaban J connectivity index is 1.79. The number of hydrogen-bond donors (Lipinski definition) is 1. The number of thioether (sulfide) groups is 1. The minimum absolute atomic E-state index is 0.222. The van der Waals surface area contributed by atoms with Gasteiger partial charge in [-0.25, -0.2) is 0 Å². The topological polar surface area (TPSA) is 84.9 Å². The van der Waals surface area contributed by atoms with Crippen molar-refractivity contribution in [1.29, 1.82) is 0 Å². The summed E-state index contributed by atoms with van der Waals surface area (Å²) in [5, 5.41) is 2.34. The first kappa shape index (κ1) is 26.6. The maximum atomic E-state index is 12.9. The highest BCUT2D eigenvalue weighted by molar-refractivity contribution is 9.10. The van der Waals surface area contributed by atoms with Crippen molar-refractivity contribution in [2.24, 2.45) is 0 Å². The molecule has 9 heteroatoms. The quantitative estimate of drug-likeness (QED) is 0.299. The summed E-state index contributed by atoms with van der Waals surface area (Å²) < 4.78 is 12.0. The van der Waals surface area contributed by atoms with Gasteiger partial charge in [-0.05, 0) is 90.3 Å². The lowest BCUT2D eigenvalue weighted by Gasteiger charge is -2.16. The lowest BCUT2D eigenvalue weighted by atomic mass is 10.1. The molecule has 184 valence electrons. The summed E-state index contributed by atoms with van der Waals surface area (Å²) in [5.41, 5.74) is 4.26. The van der Waals surface area contributed by atoms with E-state index in [1.165, 1.54) is 0 Å². The molecule has 0 saturated carbocycles. The standard InChI is InChI=1S/C26H27BrN2O5S/c1-6-8-34-24-19(27)11-18(12-20(24)33-7-2)13-21-25(31)29(26(32)35-21)14-22(30)28-23-16(4)9-15(3)10-17(23)5/h6,9-13H,1,7-8,14H2,2-5H3,(H,28,30)/b21-13+. The zero-order valence-corrected chi connectivity index (χ0v) is 22.5. The Morgan fingerprint density at radius 1 is 1.14 bits per heavy atom. The molecule has 1 aliphatic heterocycles. The van der Waals surface area contributed by atoms with Crippen LogP contribution in [0.5, 0.6) is 11.5 Å². The molecule has 1 aliphatic rings. The summed E-state index contributed by atoms with van der Waals surface area (Å²) >= 11 is 4.27. The van der Waals surface area contributed by atoms with Crippen LogP contribution in [0.1, 0.15) is 29.2 Å². The fourth-order valence-electron chi connectivity index (χ4n) is 3.70. The van der Waals surface area contributed by atoms with Gasteiger partial charge < -0.3 is 14.8 Å². The summed E-state index contributed by atoms with van der Waals surface area (Å²) in [6, 6.07) is 7.43. The number of carbonyl (C=O) groups excluding carboxylic acids is 3. The third-order valence-corrected chi connectivity index (χ3v) is 6.59. The molecule has 2 aromatic carbocycles. The van der Waals surface area contributed by atoms with Crippen molar-refractivity contribution in [2.75, 3.05) is 25.1 Å². The van der Waals surface area contributed by atoms with Crippen molar-refractivity contribution in [3.05, 3.63) is 68.6 Å². The normalized spacial score (nSPS) is 14.4. The molecule has 1 heterocycles. The van der Waals surface area contributed by atoms with E-state index in [0.717, 1.165) is 33.4 Å². The first-order chi connectivity index (χ1) is 16.6. The van der Waals surface area contributed by atoms with E-state index in [1.54, 1.807) is 24.3 Å². The minimum atomic E-state index is -0.520. The summed E-state index contributed by atoms with van der Waals surface area (Å²) in [4.78, 5) is 39.3. The molecule has 2 aromatic rings. The predicted molar refractivity (Wildman–Crippen MR) is 143 cm³/mol. The van der Waals surface area contributed by atoms with E-state index in [9.17, 15) is 14.4 Å². The fourth-order valence-corrected chi connectivity index (χ4v) is 5.12. The number of amides is 3. The molecule has 0 atom stereocenters. The van der Waals surface area contributed by atoms with Crippen molar-refractivity contribution in [1.82, 2.24) is 4.90 Å². The van der Waals surface area contributed by atoms with Crippen LogP contribution in [-0.4, -0.2) is 41.7 Å². The van der Waals surface area contributed by atoms with Gasteiger partial charge in [0.2, 0.25) is 5.91 Å². The second-order valence-corrected chi connectivity index (χ2v) is 9.80. The molecule has 3 amide bonds. The second kappa shape index (κ2) is 11.6. The molecule has 3 rings (SSSR count). The number of carbonyl (C=O) groups is 3. The smallest absolute Gasteiger partial charge is 0.294 e. The fraction of sp³-hybridized carbons (Fsp3) is 0.269. The number of aryl methyl sites for hydroxylation is 3. The van der Waals surface area contributed by atoms with E-state index < -0.39 is 17.1 Å². The van der Waals surface area contributed by atoms with Crippen LogP contribution >= 0.6 is 27.7 Å². The minimum Gasteiger partial charge on any atom is -0.490 e. The molecule has 0 unspecified atom stereocenters. The van der Waals surface area contributed by atoms with Crippen LogP contribution in [0.25, 0.3) is 6.08 Å². The molecule has 35 heavy (non-hydrogen) atoms. The number of imide groups is 1. The van der Waals surface area contributed by atoms with Crippen LogP contribution < -0.4 is 14.8 Å². The molecule has 0 aliphatic carbocycles. The number of ether oxygens (including phenoxy) is 2. The Bertz CT molecular complexity index is 1200.